The maximum atomic E-state index is 12.3. The topological polar surface area (TPSA) is 71.8 Å². The molecule has 0 spiro atoms. The second kappa shape index (κ2) is 9.35. The highest BCUT2D eigenvalue weighted by atomic mass is 16.5. The number of ether oxygens (including phenoxy) is 1. The number of hydrogen-bond acceptors (Lipinski definition) is 4. The zero-order chi connectivity index (χ0) is 16.5. The Bertz CT molecular complexity index is 550. The predicted octanol–water partition coefficient (Wildman–Crippen LogP) is 1.97. The number of aliphatic carboxylic acids is 1. The number of likely N-dealkylation sites (tertiary alicyclic amines) is 1. The quantitative estimate of drug-likeness (QED) is 0.704. The highest BCUT2D eigenvalue weighted by molar-refractivity contribution is 5.66. The minimum Gasteiger partial charge on any atom is -0.487 e. The Morgan fingerprint density at radius 3 is 2.70 bits per heavy atom. The van der Waals surface area contributed by atoms with Crippen LogP contribution in [0, 0.1) is 0 Å². The molecule has 2 rings (SSSR count). The van der Waals surface area contributed by atoms with E-state index in [1.54, 1.807) is 22.9 Å². The van der Waals surface area contributed by atoms with Gasteiger partial charge >= 0.3 is 5.97 Å². The first-order chi connectivity index (χ1) is 11.2. The number of rotatable bonds is 9. The fraction of sp³-hybridized carbons (Fsp3) is 0.647. The largest absolute Gasteiger partial charge is 0.487 e. The number of piperidine rings is 1. The van der Waals surface area contributed by atoms with Crippen molar-refractivity contribution in [1.82, 2.24) is 9.47 Å². The first kappa shape index (κ1) is 17.5. The molecule has 6 heteroatoms. The Hall–Kier alpha value is -1.82. The van der Waals surface area contributed by atoms with Crippen LogP contribution in [0.4, 0.5) is 0 Å². The molecule has 1 N–H and O–H groups in total. The third-order valence-corrected chi connectivity index (χ3v) is 4.14. The summed E-state index contributed by atoms with van der Waals surface area (Å²) >= 11 is 0. The van der Waals surface area contributed by atoms with Gasteiger partial charge < -0.3 is 14.4 Å². The number of carbonyl (C=O) groups is 1. The van der Waals surface area contributed by atoms with E-state index in [1.165, 1.54) is 19.3 Å². The molecule has 1 aliphatic rings. The van der Waals surface area contributed by atoms with E-state index in [9.17, 15) is 9.59 Å². The third-order valence-electron chi connectivity index (χ3n) is 4.14. The van der Waals surface area contributed by atoms with Crippen LogP contribution < -0.4 is 10.3 Å². The SMILES string of the molecule is O=C(O)CCCCn1cccc(OCCN2CCCCC2)c1=O. The van der Waals surface area contributed by atoms with Gasteiger partial charge in [0.15, 0.2) is 5.75 Å². The van der Waals surface area contributed by atoms with Crippen LogP contribution in [0.2, 0.25) is 0 Å². The van der Waals surface area contributed by atoms with Crippen molar-refractivity contribution in [3.8, 4) is 5.75 Å². The van der Waals surface area contributed by atoms with E-state index >= 15 is 0 Å². The van der Waals surface area contributed by atoms with E-state index in [4.69, 9.17) is 9.84 Å². The molecule has 0 aliphatic carbocycles. The molecule has 1 saturated heterocycles. The molecule has 6 nitrogen and oxygen atoms in total. The Labute approximate surface area is 136 Å². The monoisotopic (exact) mass is 322 g/mol. The molecule has 0 bridgehead atoms. The smallest absolute Gasteiger partial charge is 0.303 e. The number of hydrogen-bond donors (Lipinski definition) is 1. The first-order valence-electron chi connectivity index (χ1n) is 8.43. The van der Waals surface area contributed by atoms with Gasteiger partial charge in [0.1, 0.15) is 6.61 Å². The molecule has 1 aliphatic heterocycles. The fourth-order valence-electron chi connectivity index (χ4n) is 2.83. The van der Waals surface area contributed by atoms with E-state index in [2.05, 4.69) is 4.90 Å². The zero-order valence-electron chi connectivity index (χ0n) is 13.6. The summed E-state index contributed by atoms with van der Waals surface area (Å²) in [6, 6.07) is 3.50. The van der Waals surface area contributed by atoms with E-state index in [-0.39, 0.29) is 12.0 Å². The van der Waals surface area contributed by atoms with Crippen LogP contribution in [0.3, 0.4) is 0 Å². The summed E-state index contributed by atoms with van der Waals surface area (Å²) in [7, 11) is 0. The number of aromatic nitrogens is 1. The first-order valence-corrected chi connectivity index (χ1v) is 8.43. The van der Waals surface area contributed by atoms with Crippen LogP contribution in [0.15, 0.2) is 23.1 Å². The highest BCUT2D eigenvalue weighted by Crippen LogP contribution is 2.09. The van der Waals surface area contributed by atoms with Gasteiger partial charge in [-0.3, -0.25) is 14.5 Å². The molecule has 0 atom stereocenters. The molecule has 0 amide bonds. The second-order valence-corrected chi connectivity index (χ2v) is 5.97. The van der Waals surface area contributed by atoms with Crippen LogP contribution in [0.5, 0.6) is 5.75 Å². The normalized spacial score (nSPS) is 15.5. The zero-order valence-corrected chi connectivity index (χ0v) is 13.6. The summed E-state index contributed by atoms with van der Waals surface area (Å²) < 4.78 is 7.25. The average molecular weight is 322 g/mol. The van der Waals surface area contributed by atoms with Crippen molar-refractivity contribution in [3.05, 3.63) is 28.7 Å². The number of carboxylic acid groups (broad SMARTS) is 1. The van der Waals surface area contributed by atoms with Crippen molar-refractivity contribution in [2.75, 3.05) is 26.2 Å². The molecule has 1 aromatic heterocycles. The summed E-state index contributed by atoms with van der Waals surface area (Å²) in [5.74, 6) is -0.421. The van der Waals surface area contributed by atoms with Gasteiger partial charge in [-0.15, -0.1) is 0 Å². The molecule has 128 valence electrons. The predicted molar refractivity (Wildman–Crippen MR) is 88.0 cm³/mol. The lowest BCUT2D eigenvalue weighted by molar-refractivity contribution is -0.137. The second-order valence-electron chi connectivity index (χ2n) is 5.97. The van der Waals surface area contributed by atoms with Gasteiger partial charge in [0, 0.05) is 25.7 Å². The Balaban J connectivity index is 1.78. The lowest BCUT2D eigenvalue weighted by Gasteiger charge is -2.26. The van der Waals surface area contributed by atoms with E-state index in [1.807, 2.05) is 0 Å². The van der Waals surface area contributed by atoms with Gasteiger partial charge in [0.2, 0.25) is 0 Å². The lowest BCUT2D eigenvalue weighted by Crippen LogP contribution is -2.34. The summed E-state index contributed by atoms with van der Waals surface area (Å²) in [6.45, 7) is 4.14. The van der Waals surface area contributed by atoms with Crippen LogP contribution in [0.25, 0.3) is 0 Å². The highest BCUT2D eigenvalue weighted by Gasteiger charge is 2.10. The molecule has 1 aromatic rings. The van der Waals surface area contributed by atoms with Crippen molar-refractivity contribution in [3.63, 3.8) is 0 Å². The molecule has 0 aromatic carbocycles. The number of aryl methyl sites for hydroxylation is 1. The standard InChI is InChI=1S/C17H26N2O4/c20-16(21)8-2-5-11-19-12-6-7-15(17(19)22)23-14-13-18-9-3-1-4-10-18/h6-7,12H,1-5,8-11,13-14H2,(H,20,21). The van der Waals surface area contributed by atoms with Gasteiger partial charge in [0.25, 0.3) is 5.56 Å². The van der Waals surface area contributed by atoms with Crippen molar-refractivity contribution >= 4 is 5.97 Å². The van der Waals surface area contributed by atoms with Crippen molar-refractivity contribution in [1.29, 1.82) is 0 Å². The third kappa shape index (κ3) is 6.06. The van der Waals surface area contributed by atoms with Crippen LogP contribution in [0.1, 0.15) is 38.5 Å². The maximum absolute atomic E-state index is 12.3. The van der Waals surface area contributed by atoms with Crippen LogP contribution >= 0.6 is 0 Å². The Kier molecular flexibility index (Phi) is 7.13. The van der Waals surface area contributed by atoms with Crippen molar-refractivity contribution in [2.24, 2.45) is 0 Å². The summed E-state index contributed by atoms with van der Waals surface area (Å²) in [5.41, 5.74) is -0.138. The summed E-state index contributed by atoms with van der Waals surface area (Å²) in [6.07, 6.45) is 6.90. The number of carboxylic acids is 1. The number of pyridine rings is 1. The molecule has 0 radical (unpaired) electrons. The van der Waals surface area contributed by atoms with Gasteiger partial charge in [-0.1, -0.05) is 6.42 Å². The van der Waals surface area contributed by atoms with E-state index < -0.39 is 5.97 Å². The Morgan fingerprint density at radius 2 is 1.96 bits per heavy atom. The average Bonchev–Trinajstić information content (AvgIpc) is 2.55. The van der Waals surface area contributed by atoms with Crippen LogP contribution in [-0.4, -0.2) is 46.8 Å². The number of unbranched alkanes of at least 4 members (excludes halogenated alkanes) is 1. The van der Waals surface area contributed by atoms with Gasteiger partial charge in [-0.25, -0.2) is 0 Å². The van der Waals surface area contributed by atoms with Gasteiger partial charge in [0.05, 0.1) is 0 Å². The van der Waals surface area contributed by atoms with Gasteiger partial charge in [-0.2, -0.15) is 0 Å². The number of nitrogens with zero attached hydrogens (tertiary/aromatic N) is 2. The lowest BCUT2D eigenvalue weighted by atomic mass is 10.1. The molecule has 0 saturated carbocycles. The molecular weight excluding hydrogens is 296 g/mol. The van der Waals surface area contributed by atoms with Crippen molar-refractivity contribution < 1.29 is 14.6 Å². The fourth-order valence-corrected chi connectivity index (χ4v) is 2.83. The van der Waals surface area contributed by atoms with Crippen molar-refractivity contribution in [2.45, 2.75) is 45.1 Å². The van der Waals surface area contributed by atoms with Crippen LogP contribution in [-0.2, 0) is 11.3 Å². The van der Waals surface area contributed by atoms with Gasteiger partial charge in [-0.05, 0) is 50.9 Å². The van der Waals surface area contributed by atoms with E-state index in [0.717, 1.165) is 19.6 Å². The minimum absolute atomic E-state index is 0.138. The maximum Gasteiger partial charge on any atom is 0.303 e. The summed E-state index contributed by atoms with van der Waals surface area (Å²) in [4.78, 5) is 25.1. The molecule has 1 fully saturated rings. The summed E-state index contributed by atoms with van der Waals surface area (Å²) in [5, 5.41) is 8.62. The molecule has 2 heterocycles. The van der Waals surface area contributed by atoms with E-state index in [0.29, 0.717) is 31.7 Å². The minimum atomic E-state index is -0.799. The molecule has 23 heavy (non-hydrogen) atoms. The molecule has 0 unspecified atom stereocenters. The molecular formula is C17H26N2O4. The Morgan fingerprint density at radius 1 is 1.17 bits per heavy atom.